The van der Waals surface area contributed by atoms with Crippen LogP contribution < -0.4 is 14.8 Å². The highest BCUT2D eigenvalue weighted by atomic mass is 16.6. The molecule has 1 amide bonds. The second-order valence-electron chi connectivity index (χ2n) is 10.1. The predicted molar refractivity (Wildman–Crippen MR) is 124 cm³/mol. The van der Waals surface area contributed by atoms with Gasteiger partial charge in [-0.2, -0.15) is 0 Å². The molecule has 0 aromatic heterocycles. The van der Waals surface area contributed by atoms with Crippen LogP contribution in [0.4, 0.5) is 0 Å². The molecule has 3 unspecified atom stereocenters. The molecule has 6 rings (SSSR count). The van der Waals surface area contributed by atoms with Crippen LogP contribution in [0, 0.1) is 17.8 Å². The Morgan fingerprint density at radius 3 is 2.42 bits per heavy atom. The molecule has 2 aliphatic heterocycles. The van der Waals surface area contributed by atoms with Crippen LogP contribution in [0.2, 0.25) is 0 Å². The van der Waals surface area contributed by atoms with Crippen LogP contribution >= 0.6 is 0 Å². The minimum absolute atomic E-state index is 0.00908. The van der Waals surface area contributed by atoms with Gasteiger partial charge in [-0.15, -0.1) is 0 Å². The highest BCUT2D eigenvalue weighted by molar-refractivity contribution is 5.87. The lowest BCUT2D eigenvalue weighted by Gasteiger charge is -2.33. The van der Waals surface area contributed by atoms with Crippen molar-refractivity contribution < 1.29 is 19.4 Å². The van der Waals surface area contributed by atoms with E-state index in [1.165, 1.54) is 5.56 Å². The van der Waals surface area contributed by atoms with E-state index in [0.717, 1.165) is 62.4 Å². The van der Waals surface area contributed by atoms with E-state index in [-0.39, 0.29) is 17.9 Å². The molecule has 0 spiro atoms. The lowest BCUT2D eigenvalue weighted by atomic mass is 9.79. The van der Waals surface area contributed by atoms with Gasteiger partial charge in [-0.05, 0) is 47.9 Å². The number of ether oxygens (including phenoxy) is 2. The smallest absolute Gasteiger partial charge is 0.257 e. The largest absolute Gasteiger partial charge is 0.486 e. The molecule has 4 atom stereocenters. The molecule has 2 N–H and O–H groups in total. The average Bonchev–Trinajstić information content (AvgIpc) is 3.26. The molecule has 33 heavy (non-hydrogen) atoms. The van der Waals surface area contributed by atoms with Crippen molar-refractivity contribution in [3.05, 3.63) is 59.7 Å². The molecule has 3 fully saturated rings. The fourth-order valence-electron chi connectivity index (χ4n) is 6.25. The van der Waals surface area contributed by atoms with Crippen LogP contribution in [0.3, 0.4) is 0 Å². The van der Waals surface area contributed by atoms with Gasteiger partial charge in [0.1, 0.15) is 13.2 Å². The first-order valence-corrected chi connectivity index (χ1v) is 12.3. The van der Waals surface area contributed by atoms with Crippen molar-refractivity contribution in [2.45, 2.75) is 43.9 Å². The summed E-state index contributed by atoms with van der Waals surface area (Å²) in [5.41, 5.74) is 0.515. The van der Waals surface area contributed by atoms with Gasteiger partial charge in [0, 0.05) is 31.6 Å². The van der Waals surface area contributed by atoms with Crippen LogP contribution in [0.1, 0.15) is 36.8 Å². The van der Waals surface area contributed by atoms with Crippen LogP contribution in [-0.2, 0) is 16.9 Å². The Morgan fingerprint density at radius 2 is 1.70 bits per heavy atom. The summed E-state index contributed by atoms with van der Waals surface area (Å²) in [5, 5.41) is 14.9. The van der Waals surface area contributed by atoms with Crippen LogP contribution in [-0.4, -0.2) is 48.3 Å². The molecule has 6 heteroatoms. The number of carbonyl (C=O) groups is 1. The molecular weight excluding hydrogens is 416 g/mol. The standard InChI is InChI=1S/C27H32N2O4/c30-26(27(31,20-8-4-5-9-20)19-6-2-1-3-7-19)28-25-21-16-29(17-22(21)25)15-18-10-11-23-24(14-18)33-13-12-32-23/h1-3,6-7,10-11,14,20-22,25,31H,4-5,8-9,12-13,15-17H2,(H,28,30)/t21-,22?,25?,27?/m1/s1. The minimum Gasteiger partial charge on any atom is -0.486 e. The SMILES string of the molecule is O=C(NC1C2CN(Cc3ccc4c(c3)OCCO4)C[C@H]21)C(O)(c1ccccc1)C1CCCC1. The van der Waals surface area contributed by atoms with E-state index in [1.54, 1.807) is 0 Å². The van der Waals surface area contributed by atoms with Crippen molar-refractivity contribution in [1.29, 1.82) is 0 Å². The Balaban J connectivity index is 1.08. The fourth-order valence-corrected chi connectivity index (χ4v) is 6.25. The van der Waals surface area contributed by atoms with Gasteiger partial charge in [-0.25, -0.2) is 0 Å². The number of hydrogen-bond acceptors (Lipinski definition) is 5. The maximum absolute atomic E-state index is 13.4. The Kier molecular flexibility index (Phi) is 5.30. The van der Waals surface area contributed by atoms with Gasteiger partial charge in [-0.1, -0.05) is 49.2 Å². The van der Waals surface area contributed by atoms with Crippen molar-refractivity contribution >= 4 is 5.91 Å². The first-order chi connectivity index (χ1) is 16.1. The summed E-state index contributed by atoms with van der Waals surface area (Å²) in [6.07, 6.45) is 3.96. The highest BCUT2D eigenvalue weighted by Crippen LogP contribution is 2.48. The average molecular weight is 449 g/mol. The lowest BCUT2D eigenvalue weighted by Crippen LogP contribution is -2.50. The molecule has 4 aliphatic rings. The van der Waals surface area contributed by atoms with Crippen LogP contribution in [0.25, 0.3) is 0 Å². The van der Waals surface area contributed by atoms with E-state index in [0.29, 0.717) is 25.0 Å². The summed E-state index contributed by atoms with van der Waals surface area (Å²) in [6.45, 7) is 4.02. The van der Waals surface area contributed by atoms with Gasteiger partial charge in [0.25, 0.3) is 5.91 Å². The Labute approximate surface area is 194 Å². The van der Waals surface area contributed by atoms with Gasteiger partial charge in [-0.3, -0.25) is 9.69 Å². The molecule has 2 saturated carbocycles. The number of piperidine rings is 1. The van der Waals surface area contributed by atoms with Gasteiger partial charge >= 0.3 is 0 Å². The first-order valence-electron chi connectivity index (χ1n) is 12.3. The number of benzene rings is 2. The van der Waals surface area contributed by atoms with E-state index >= 15 is 0 Å². The molecule has 0 radical (unpaired) electrons. The van der Waals surface area contributed by atoms with Gasteiger partial charge in [0.2, 0.25) is 0 Å². The summed E-state index contributed by atoms with van der Waals surface area (Å²) in [6, 6.07) is 15.9. The van der Waals surface area contributed by atoms with Gasteiger partial charge in [0.05, 0.1) is 0 Å². The molecular formula is C27H32N2O4. The summed E-state index contributed by atoms with van der Waals surface area (Å²) < 4.78 is 11.3. The number of fused-ring (bicyclic) bond motifs is 2. The van der Waals surface area contributed by atoms with Gasteiger partial charge in [0.15, 0.2) is 17.1 Å². The Morgan fingerprint density at radius 1 is 1.00 bits per heavy atom. The highest BCUT2D eigenvalue weighted by Gasteiger charge is 2.58. The third kappa shape index (κ3) is 3.79. The molecule has 1 saturated heterocycles. The van der Waals surface area contributed by atoms with Crippen molar-refractivity contribution in [2.24, 2.45) is 17.8 Å². The molecule has 2 aromatic rings. The van der Waals surface area contributed by atoms with E-state index in [2.05, 4.69) is 22.3 Å². The van der Waals surface area contributed by atoms with E-state index in [9.17, 15) is 9.90 Å². The number of carbonyl (C=O) groups excluding carboxylic acids is 1. The van der Waals surface area contributed by atoms with Crippen LogP contribution in [0.15, 0.2) is 48.5 Å². The number of rotatable bonds is 6. The van der Waals surface area contributed by atoms with Gasteiger partial charge < -0.3 is 19.9 Å². The second-order valence-corrected chi connectivity index (χ2v) is 10.1. The number of amides is 1. The molecule has 6 nitrogen and oxygen atoms in total. The Bertz CT molecular complexity index is 1010. The zero-order chi connectivity index (χ0) is 22.4. The molecule has 2 aliphatic carbocycles. The second kappa shape index (κ2) is 8.33. The third-order valence-electron chi connectivity index (χ3n) is 8.09. The van der Waals surface area contributed by atoms with Crippen LogP contribution in [0.5, 0.6) is 11.5 Å². The molecule has 2 aromatic carbocycles. The molecule has 174 valence electrons. The van der Waals surface area contributed by atoms with E-state index < -0.39 is 5.60 Å². The van der Waals surface area contributed by atoms with Crippen molar-refractivity contribution in [3.8, 4) is 11.5 Å². The molecule has 2 heterocycles. The molecule has 0 bridgehead atoms. The predicted octanol–water partition coefficient (Wildman–Crippen LogP) is 3.08. The number of nitrogens with zero attached hydrogens (tertiary/aromatic N) is 1. The van der Waals surface area contributed by atoms with Crippen molar-refractivity contribution in [1.82, 2.24) is 10.2 Å². The Hall–Kier alpha value is -2.57. The van der Waals surface area contributed by atoms with Crippen molar-refractivity contribution in [3.63, 3.8) is 0 Å². The summed E-state index contributed by atoms with van der Waals surface area (Å²) in [7, 11) is 0. The van der Waals surface area contributed by atoms with E-state index in [1.807, 2.05) is 36.4 Å². The quantitative estimate of drug-likeness (QED) is 0.711. The first kappa shape index (κ1) is 21.0. The fraction of sp³-hybridized carbons (Fsp3) is 0.519. The normalized spacial score (nSPS) is 28.2. The minimum atomic E-state index is -1.43. The summed E-state index contributed by atoms with van der Waals surface area (Å²) >= 11 is 0. The van der Waals surface area contributed by atoms with E-state index in [4.69, 9.17) is 9.47 Å². The number of nitrogens with one attached hydrogen (secondary N) is 1. The monoisotopic (exact) mass is 448 g/mol. The summed E-state index contributed by atoms with van der Waals surface area (Å²) in [5.74, 6) is 2.37. The lowest BCUT2D eigenvalue weighted by molar-refractivity contribution is -0.147. The van der Waals surface area contributed by atoms with Crippen molar-refractivity contribution in [2.75, 3.05) is 26.3 Å². The zero-order valence-electron chi connectivity index (χ0n) is 18.9. The number of hydrogen-bond donors (Lipinski definition) is 2. The maximum Gasteiger partial charge on any atom is 0.257 e. The maximum atomic E-state index is 13.4. The third-order valence-corrected chi connectivity index (χ3v) is 8.09. The number of aliphatic hydroxyl groups is 1. The summed E-state index contributed by atoms with van der Waals surface area (Å²) in [4.78, 5) is 15.9. The topological polar surface area (TPSA) is 71.0 Å². The number of likely N-dealkylation sites (tertiary alicyclic amines) is 1. The zero-order valence-corrected chi connectivity index (χ0v) is 18.9.